The van der Waals surface area contributed by atoms with Gasteiger partial charge in [0.25, 0.3) is 5.91 Å². The number of hydrogen-bond donors (Lipinski definition) is 1. The topological polar surface area (TPSA) is 45.2 Å². The number of rotatable bonds is 2. The molecule has 0 atom stereocenters. The SMILES string of the molecule is CC(C)(C)Cc1cnccc1C(=O)N1CCNCC1. The molecule has 0 saturated carbocycles. The van der Waals surface area contributed by atoms with E-state index in [0.717, 1.165) is 43.7 Å². The molecule has 1 aliphatic rings. The Hall–Kier alpha value is -1.42. The normalized spacial score (nSPS) is 16.5. The first kappa shape index (κ1) is 14.0. The van der Waals surface area contributed by atoms with Gasteiger partial charge in [0.05, 0.1) is 0 Å². The second kappa shape index (κ2) is 5.70. The largest absolute Gasteiger partial charge is 0.336 e. The third-order valence-electron chi connectivity index (χ3n) is 3.26. The smallest absolute Gasteiger partial charge is 0.254 e. The van der Waals surface area contributed by atoms with E-state index in [2.05, 4.69) is 31.1 Å². The summed E-state index contributed by atoms with van der Waals surface area (Å²) in [4.78, 5) is 18.7. The van der Waals surface area contributed by atoms with Crippen molar-refractivity contribution in [2.75, 3.05) is 26.2 Å². The molecule has 1 amide bonds. The van der Waals surface area contributed by atoms with Gasteiger partial charge in [-0.05, 0) is 23.5 Å². The molecule has 1 aromatic heterocycles. The number of carbonyl (C=O) groups is 1. The highest BCUT2D eigenvalue weighted by atomic mass is 16.2. The van der Waals surface area contributed by atoms with E-state index in [1.54, 1.807) is 6.20 Å². The highest BCUT2D eigenvalue weighted by Gasteiger charge is 2.22. The fourth-order valence-corrected chi connectivity index (χ4v) is 2.39. The third-order valence-corrected chi connectivity index (χ3v) is 3.26. The van der Waals surface area contributed by atoms with Crippen molar-refractivity contribution in [2.24, 2.45) is 5.41 Å². The number of nitrogens with zero attached hydrogens (tertiary/aromatic N) is 2. The van der Waals surface area contributed by atoms with Crippen molar-refractivity contribution in [2.45, 2.75) is 27.2 Å². The van der Waals surface area contributed by atoms with Crippen molar-refractivity contribution >= 4 is 5.91 Å². The average molecular weight is 261 g/mol. The van der Waals surface area contributed by atoms with Crippen LogP contribution < -0.4 is 5.32 Å². The van der Waals surface area contributed by atoms with Crippen LogP contribution in [0.5, 0.6) is 0 Å². The predicted octanol–water partition coefficient (Wildman–Crippen LogP) is 1.72. The monoisotopic (exact) mass is 261 g/mol. The number of hydrogen-bond acceptors (Lipinski definition) is 3. The van der Waals surface area contributed by atoms with Crippen molar-refractivity contribution < 1.29 is 4.79 Å². The molecule has 1 N–H and O–H groups in total. The summed E-state index contributed by atoms with van der Waals surface area (Å²) in [5, 5.41) is 3.27. The molecule has 19 heavy (non-hydrogen) atoms. The zero-order valence-electron chi connectivity index (χ0n) is 12.1. The van der Waals surface area contributed by atoms with E-state index >= 15 is 0 Å². The lowest BCUT2D eigenvalue weighted by molar-refractivity contribution is 0.0734. The van der Waals surface area contributed by atoms with Gasteiger partial charge in [0.2, 0.25) is 0 Å². The summed E-state index contributed by atoms with van der Waals surface area (Å²) in [6, 6.07) is 1.85. The minimum Gasteiger partial charge on any atom is -0.336 e. The second-order valence-corrected chi connectivity index (χ2v) is 6.31. The van der Waals surface area contributed by atoms with Gasteiger partial charge in [-0.3, -0.25) is 9.78 Å². The van der Waals surface area contributed by atoms with Gasteiger partial charge in [0.15, 0.2) is 0 Å². The molecule has 1 aliphatic heterocycles. The Morgan fingerprint density at radius 2 is 2.05 bits per heavy atom. The van der Waals surface area contributed by atoms with Gasteiger partial charge >= 0.3 is 0 Å². The minimum atomic E-state index is 0.142. The molecule has 4 heteroatoms. The van der Waals surface area contributed by atoms with Gasteiger partial charge in [0.1, 0.15) is 0 Å². The van der Waals surface area contributed by atoms with Crippen LogP contribution in [0.4, 0.5) is 0 Å². The Bertz CT molecular complexity index is 445. The number of carbonyl (C=O) groups excluding carboxylic acids is 1. The molecule has 0 radical (unpaired) electrons. The summed E-state index contributed by atoms with van der Waals surface area (Å²) in [6.07, 6.45) is 4.41. The van der Waals surface area contributed by atoms with E-state index in [0.29, 0.717) is 0 Å². The van der Waals surface area contributed by atoms with Crippen LogP contribution in [0, 0.1) is 5.41 Å². The first-order valence-electron chi connectivity index (χ1n) is 6.90. The van der Waals surface area contributed by atoms with Crippen molar-refractivity contribution in [3.8, 4) is 0 Å². The van der Waals surface area contributed by atoms with Gasteiger partial charge in [-0.1, -0.05) is 20.8 Å². The summed E-state index contributed by atoms with van der Waals surface area (Å²) < 4.78 is 0. The summed E-state index contributed by atoms with van der Waals surface area (Å²) in [5.41, 5.74) is 2.02. The predicted molar refractivity (Wildman–Crippen MR) is 76.2 cm³/mol. The molecule has 104 valence electrons. The van der Waals surface area contributed by atoms with Gasteiger partial charge in [-0.25, -0.2) is 0 Å². The molecular formula is C15H23N3O. The Balaban J connectivity index is 2.21. The fraction of sp³-hybridized carbons (Fsp3) is 0.600. The summed E-state index contributed by atoms with van der Waals surface area (Å²) in [7, 11) is 0. The molecule has 4 nitrogen and oxygen atoms in total. The lowest BCUT2D eigenvalue weighted by atomic mass is 9.87. The summed E-state index contributed by atoms with van der Waals surface area (Å²) in [6.45, 7) is 9.88. The fourth-order valence-electron chi connectivity index (χ4n) is 2.39. The summed E-state index contributed by atoms with van der Waals surface area (Å²) >= 11 is 0. The van der Waals surface area contributed by atoms with Crippen LogP contribution in [-0.4, -0.2) is 42.0 Å². The van der Waals surface area contributed by atoms with Crippen LogP contribution in [0.15, 0.2) is 18.5 Å². The maximum Gasteiger partial charge on any atom is 0.254 e. The van der Waals surface area contributed by atoms with Crippen LogP contribution in [0.1, 0.15) is 36.7 Å². The van der Waals surface area contributed by atoms with Gasteiger partial charge in [-0.15, -0.1) is 0 Å². The Morgan fingerprint density at radius 1 is 1.37 bits per heavy atom. The zero-order chi connectivity index (χ0) is 13.9. The van der Waals surface area contributed by atoms with E-state index < -0.39 is 0 Å². The highest BCUT2D eigenvalue weighted by Crippen LogP contribution is 2.23. The van der Waals surface area contributed by atoms with Gasteiger partial charge in [0, 0.05) is 44.1 Å². The maximum absolute atomic E-state index is 12.6. The summed E-state index contributed by atoms with van der Waals surface area (Å²) in [5.74, 6) is 0.142. The van der Waals surface area contributed by atoms with E-state index in [9.17, 15) is 4.79 Å². The van der Waals surface area contributed by atoms with Gasteiger partial charge < -0.3 is 10.2 Å². The molecule has 0 aliphatic carbocycles. The Morgan fingerprint density at radius 3 is 2.68 bits per heavy atom. The number of pyridine rings is 1. The van der Waals surface area contributed by atoms with Crippen molar-refractivity contribution in [1.29, 1.82) is 0 Å². The number of amides is 1. The lowest BCUT2D eigenvalue weighted by Gasteiger charge is -2.28. The molecule has 2 heterocycles. The number of aromatic nitrogens is 1. The molecule has 0 aromatic carbocycles. The minimum absolute atomic E-state index is 0.142. The maximum atomic E-state index is 12.6. The Kier molecular flexibility index (Phi) is 4.20. The third kappa shape index (κ3) is 3.77. The molecule has 0 unspecified atom stereocenters. The standard InChI is InChI=1S/C15H23N3O/c1-15(2,3)10-12-11-17-5-4-13(12)14(19)18-8-6-16-7-9-18/h4-5,11,16H,6-10H2,1-3H3. The molecule has 0 bridgehead atoms. The molecule has 2 rings (SSSR count). The Labute approximate surface area is 115 Å². The van der Waals surface area contributed by atoms with Crippen LogP contribution in [0.25, 0.3) is 0 Å². The van der Waals surface area contributed by atoms with E-state index in [1.807, 2.05) is 17.2 Å². The van der Waals surface area contributed by atoms with Crippen LogP contribution in [-0.2, 0) is 6.42 Å². The van der Waals surface area contributed by atoms with E-state index in [4.69, 9.17) is 0 Å². The van der Waals surface area contributed by atoms with E-state index in [-0.39, 0.29) is 11.3 Å². The van der Waals surface area contributed by atoms with E-state index in [1.165, 1.54) is 0 Å². The van der Waals surface area contributed by atoms with Gasteiger partial charge in [-0.2, -0.15) is 0 Å². The average Bonchev–Trinajstić information content (AvgIpc) is 2.38. The molecule has 1 aromatic rings. The molecule has 0 spiro atoms. The lowest BCUT2D eigenvalue weighted by Crippen LogP contribution is -2.46. The number of nitrogens with one attached hydrogen (secondary N) is 1. The second-order valence-electron chi connectivity index (χ2n) is 6.31. The van der Waals surface area contributed by atoms with Crippen LogP contribution >= 0.6 is 0 Å². The molecule has 1 saturated heterocycles. The van der Waals surface area contributed by atoms with Crippen molar-refractivity contribution in [3.05, 3.63) is 29.6 Å². The first-order valence-corrected chi connectivity index (χ1v) is 6.90. The van der Waals surface area contributed by atoms with Crippen molar-refractivity contribution in [3.63, 3.8) is 0 Å². The molecular weight excluding hydrogens is 238 g/mol. The van der Waals surface area contributed by atoms with Crippen LogP contribution in [0.2, 0.25) is 0 Å². The quantitative estimate of drug-likeness (QED) is 0.881. The van der Waals surface area contributed by atoms with Crippen LogP contribution in [0.3, 0.4) is 0 Å². The highest BCUT2D eigenvalue weighted by molar-refractivity contribution is 5.95. The van der Waals surface area contributed by atoms with Crippen molar-refractivity contribution in [1.82, 2.24) is 15.2 Å². The molecule has 1 fully saturated rings. The number of piperazine rings is 1. The first-order chi connectivity index (χ1) is 8.97. The zero-order valence-corrected chi connectivity index (χ0v) is 12.1.